The Labute approximate surface area is 129 Å². The Kier molecular flexibility index (Phi) is 3.53. The Morgan fingerprint density at radius 1 is 1.23 bits per heavy atom. The number of nitrogen functional groups attached to an aromatic ring is 1. The van der Waals surface area contributed by atoms with E-state index in [1.165, 1.54) is 0 Å². The minimum Gasteiger partial charge on any atom is -0.482 e. The summed E-state index contributed by atoms with van der Waals surface area (Å²) < 4.78 is 11.3. The van der Waals surface area contributed by atoms with Crippen LogP contribution in [0.3, 0.4) is 0 Å². The van der Waals surface area contributed by atoms with Gasteiger partial charge in [-0.1, -0.05) is 24.3 Å². The van der Waals surface area contributed by atoms with Gasteiger partial charge < -0.3 is 15.2 Å². The van der Waals surface area contributed by atoms with E-state index in [1.807, 2.05) is 43.3 Å². The summed E-state index contributed by atoms with van der Waals surface area (Å²) >= 11 is 0. The number of hydrogen-bond donors (Lipinski definition) is 1. The number of hydrogen-bond acceptors (Lipinski definition) is 4. The Morgan fingerprint density at radius 2 is 2.00 bits per heavy atom. The number of ether oxygens (including phenoxy) is 2. The zero-order valence-corrected chi connectivity index (χ0v) is 12.8. The minimum absolute atomic E-state index is 0.168. The summed E-state index contributed by atoms with van der Waals surface area (Å²) in [5, 5.41) is 0. The number of benzene rings is 2. The number of anilines is 1. The first-order valence-electron chi connectivity index (χ1n) is 7.37. The molecule has 0 saturated carbocycles. The molecule has 0 fully saturated rings. The third-order valence-electron chi connectivity index (χ3n) is 3.91. The Bertz CT molecular complexity index is 726. The molecule has 1 atom stereocenters. The van der Waals surface area contributed by atoms with Crippen LogP contribution >= 0.6 is 0 Å². The summed E-state index contributed by atoms with van der Waals surface area (Å²) in [6.07, 6.45) is 0.168. The molecular weight excluding hydrogens is 278 g/mol. The topological polar surface area (TPSA) is 61.5 Å². The molecule has 1 heterocycles. The molecule has 1 aliphatic heterocycles. The third kappa shape index (κ3) is 2.41. The maximum absolute atomic E-state index is 12.0. The molecule has 0 aliphatic carbocycles. The number of nitrogens with two attached hydrogens (primary N) is 1. The van der Waals surface area contributed by atoms with Gasteiger partial charge in [-0.25, -0.2) is 0 Å². The highest BCUT2D eigenvalue weighted by molar-refractivity contribution is 5.81. The monoisotopic (exact) mass is 297 g/mol. The molecule has 3 rings (SSSR count). The van der Waals surface area contributed by atoms with E-state index in [4.69, 9.17) is 15.2 Å². The van der Waals surface area contributed by atoms with Crippen molar-refractivity contribution in [1.29, 1.82) is 0 Å². The van der Waals surface area contributed by atoms with Crippen LogP contribution in [0.4, 0.5) is 5.69 Å². The van der Waals surface area contributed by atoms with E-state index < -0.39 is 5.60 Å². The van der Waals surface area contributed by atoms with Crippen molar-refractivity contribution >= 4 is 11.7 Å². The van der Waals surface area contributed by atoms with Crippen LogP contribution < -0.4 is 10.5 Å². The van der Waals surface area contributed by atoms with Gasteiger partial charge in [-0.2, -0.15) is 0 Å². The molecule has 0 bridgehead atoms. The molecule has 22 heavy (non-hydrogen) atoms. The summed E-state index contributed by atoms with van der Waals surface area (Å²) in [6.45, 7) is 4.08. The van der Waals surface area contributed by atoms with Gasteiger partial charge in [0.2, 0.25) is 0 Å². The number of esters is 1. The molecule has 2 aromatic rings. The van der Waals surface area contributed by atoms with Crippen LogP contribution in [0.5, 0.6) is 5.75 Å². The Balaban J connectivity index is 2.09. The van der Waals surface area contributed by atoms with E-state index in [1.54, 1.807) is 13.0 Å². The van der Waals surface area contributed by atoms with Crippen molar-refractivity contribution in [3.63, 3.8) is 0 Å². The van der Waals surface area contributed by atoms with Crippen molar-refractivity contribution in [2.75, 3.05) is 12.3 Å². The summed E-state index contributed by atoms with van der Waals surface area (Å²) in [5.74, 6) is 0.471. The molecule has 0 saturated heterocycles. The normalized spacial score (nSPS) is 18.8. The molecule has 2 N–H and O–H groups in total. The second-order valence-corrected chi connectivity index (χ2v) is 5.62. The smallest absolute Gasteiger partial charge is 0.310 e. The van der Waals surface area contributed by atoms with E-state index in [9.17, 15) is 4.79 Å². The van der Waals surface area contributed by atoms with Crippen LogP contribution in [0.2, 0.25) is 0 Å². The predicted octanol–water partition coefficient (Wildman–Crippen LogP) is 3.50. The highest BCUT2D eigenvalue weighted by Crippen LogP contribution is 2.47. The van der Waals surface area contributed by atoms with Crippen LogP contribution in [0.25, 0.3) is 11.1 Å². The maximum Gasteiger partial charge on any atom is 0.310 e. The lowest BCUT2D eigenvalue weighted by Crippen LogP contribution is -2.36. The average molecular weight is 297 g/mol. The van der Waals surface area contributed by atoms with Gasteiger partial charge in [0.05, 0.1) is 13.0 Å². The van der Waals surface area contributed by atoms with Crippen LogP contribution in [0.15, 0.2) is 42.5 Å². The first-order chi connectivity index (χ1) is 10.5. The van der Waals surface area contributed by atoms with Gasteiger partial charge in [-0.3, -0.25) is 4.79 Å². The highest BCUT2D eigenvalue weighted by atomic mass is 16.5. The van der Waals surface area contributed by atoms with Crippen molar-refractivity contribution in [3.05, 3.63) is 48.0 Å². The van der Waals surface area contributed by atoms with Gasteiger partial charge >= 0.3 is 5.97 Å². The van der Waals surface area contributed by atoms with Crippen molar-refractivity contribution in [2.24, 2.45) is 0 Å². The van der Waals surface area contributed by atoms with Crippen molar-refractivity contribution in [3.8, 4) is 16.9 Å². The molecule has 0 amide bonds. The van der Waals surface area contributed by atoms with Crippen LogP contribution in [0.1, 0.15) is 25.8 Å². The number of fused-ring (bicyclic) bond motifs is 3. The zero-order chi connectivity index (χ0) is 15.7. The molecule has 2 aromatic carbocycles. The highest BCUT2D eigenvalue weighted by Gasteiger charge is 2.39. The third-order valence-corrected chi connectivity index (χ3v) is 3.91. The lowest BCUT2D eigenvalue weighted by Gasteiger charge is -2.37. The van der Waals surface area contributed by atoms with Crippen LogP contribution in [-0.2, 0) is 15.1 Å². The van der Waals surface area contributed by atoms with Crippen LogP contribution in [-0.4, -0.2) is 12.6 Å². The van der Waals surface area contributed by atoms with Crippen molar-refractivity contribution in [1.82, 2.24) is 0 Å². The predicted molar refractivity (Wildman–Crippen MR) is 85.5 cm³/mol. The van der Waals surface area contributed by atoms with Gasteiger partial charge in [0.1, 0.15) is 11.4 Å². The van der Waals surface area contributed by atoms with Gasteiger partial charge in [0.15, 0.2) is 0 Å². The number of rotatable bonds is 3. The molecule has 4 nitrogen and oxygen atoms in total. The molecule has 0 spiro atoms. The fourth-order valence-corrected chi connectivity index (χ4v) is 2.94. The lowest BCUT2D eigenvalue weighted by molar-refractivity contribution is -0.147. The minimum atomic E-state index is -0.744. The summed E-state index contributed by atoms with van der Waals surface area (Å²) in [6, 6.07) is 13.5. The van der Waals surface area contributed by atoms with E-state index in [-0.39, 0.29) is 12.4 Å². The summed E-state index contributed by atoms with van der Waals surface area (Å²) in [5.41, 5.74) is 8.81. The first kappa shape index (κ1) is 14.4. The standard InChI is InChI=1S/C18H19NO3/c1-3-21-17(20)11-18(2)15-7-5-4-6-13(15)14-10-12(19)8-9-16(14)22-18/h4-10H,3,11,19H2,1-2H3. The van der Waals surface area contributed by atoms with E-state index >= 15 is 0 Å². The van der Waals surface area contributed by atoms with Gasteiger partial charge in [0, 0.05) is 16.8 Å². The van der Waals surface area contributed by atoms with Gasteiger partial charge in [-0.15, -0.1) is 0 Å². The molecule has 0 aromatic heterocycles. The quantitative estimate of drug-likeness (QED) is 0.696. The first-order valence-corrected chi connectivity index (χ1v) is 7.37. The summed E-state index contributed by atoms with van der Waals surface area (Å²) in [7, 11) is 0. The molecule has 114 valence electrons. The Hall–Kier alpha value is -2.49. The van der Waals surface area contributed by atoms with E-state index in [0.717, 1.165) is 22.4 Å². The maximum atomic E-state index is 12.0. The number of carbonyl (C=O) groups is 1. The van der Waals surface area contributed by atoms with E-state index in [0.29, 0.717) is 12.3 Å². The summed E-state index contributed by atoms with van der Waals surface area (Å²) in [4.78, 5) is 12.0. The molecule has 0 radical (unpaired) electrons. The second-order valence-electron chi connectivity index (χ2n) is 5.62. The molecule has 1 unspecified atom stereocenters. The zero-order valence-electron chi connectivity index (χ0n) is 12.8. The van der Waals surface area contributed by atoms with Gasteiger partial charge in [0.25, 0.3) is 0 Å². The lowest BCUT2D eigenvalue weighted by atomic mass is 9.83. The fraction of sp³-hybridized carbons (Fsp3) is 0.278. The molecular formula is C18H19NO3. The van der Waals surface area contributed by atoms with Gasteiger partial charge in [-0.05, 0) is 37.6 Å². The Morgan fingerprint density at radius 3 is 2.77 bits per heavy atom. The number of carbonyl (C=O) groups excluding carboxylic acids is 1. The largest absolute Gasteiger partial charge is 0.482 e. The molecule has 1 aliphatic rings. The molecule has 4 heteroatoms. The average Bonchev–Trinajstić information content (AvgIpc) is 2.49. The SMILES string of the molecule is CCOC(=O)CC1(C)Oc2ccc(N)cc2-c2ccccc21. The van der Waals surface area contributed by atoms with Crippen LogP contribution in [0, 0.1) is 0 Å². The van der Waals surface area contributed by atoms with E-state index in [2.05, 4.69) is 0 Å². The van der Waals surface area contributed by atoms with Crippen molar-refractivity contribution < 1.29 is 14.3 Å². The van der Waals surface area contributed by atoms with Crippen molar-refractivity contribution in [2.45, 2.75) is 25.9 Å². The second kappa shape index (κ2) is 5.37. The fourth-order valence-electron chi connectivity index (χ4n) is 2.94.